The molecule has 24 heavy (non-hydrogen) atoms. The molecule has 0 aliphatic carbocycles. The van der Waals surface area contributed by atoms with Gasteiger partial charge in [0, 0.05) is 5.56 Å². The van der Waals surface area contributed by atoms with Crippen LogP contribution in [-0.2, 0) is 9.59 Å². The van der Waals surface area contributed by atoms with Gasteiger partial charge < -0.3 is 26.8 Å². The van der Waals surface area contributed by atoms with E-state index in [1.54, 1.807) is 0 Å². The van der Waals surface area contributed by atoms with Crippen molar-refractivity contribution >= 4 is 17.8 Å². The summed E-state index contributed by atoms with van der Waals surface area (Å²) in [6, 6.07) is 4.67. The lowest BCUT2D eigenvalue weighted by Crippen LogP contribution is -2.55. The van der Waals surface area contributed by atoms with Gasteiger partial charge in [0.15, 0.2) is 6.04 Å². The predicted molar refractivity (Wildman–Crippen MR) is 89.1 cm³/mol. The van der Waals surface area contributed by atoms with Crippen molar-refractivity contribution in [1.29, 1.82) is 0 Å². The van der Waals surface area contributed by atoms with Crippen LogP contribution in [-0.4, -0.2) is 30.0 Å². The molecule has 4 amide bonds. The zero-order valence-electron chi connectivity index (χ0n) is 14.0. The quantitative estimate of drug-likeness (QED) is 0.516. The molecular weight excluding hydrogens is 312 g/mol. The van der Waals surface area contributed by atoms with Gasteiger partial charge in [0.1, 0.15) is 5.75 Å². The summed E-state index contributed by atoms with van der Waals surface area (Å²) >= 11 is 0. The topological polar surface area (TPSA) is 137 Å². The van der Waals surface area contributed by atoms with Crippen molar-refractivity contribution in [2.24, 2.45) is 11.5 Å². The van der Waals surface area contributed by atoms with E-state index in [9.17, 15) is 14.4 Å². The Kier molecular flexibility index (Phi) is 7.03. The molecule has 8 nitrogen and oxygen atoms in total. The summed E-state index contributed by atoms with van der Waals surface area (Å²) in [5, 5.41) is 4.86. The van der Waals surface area contributed by atoms with E-state index in [0.29, 0.717) is 12.2 Å². The number of hydrogen-bond acceptors (Lipinski definition) is 4. The number of primary amides is 2. The van der Waals surface area contributed by atoms with Gasteiger partial charge in [-0.1, -0.05) is 25.1 Å². The highest BCUT2D eigenvalue weighted by Crippen LogP contribution is 2.27. The first-order valence-electron chi connectivity index (χ1n) is 7.67. The minimum absolute atomic E-state index is 0.0217. The van der Waals surface area contributed by atoms with Gasteiger partial charge in [0.25, 0.3) is 0 Å². The fourth-order valence-electron chi connectivity index (χ4n) is 2.14. The third kappa shape index (κ3) is 5.45. The minimum atomic E-state index is -1.57. The van der Waals surface area contributed by atoms with Gasteiger partial charge in [0.05, 0.1) is 12.1 Å². The highest BCUT2D eigenvalue weighted by molar-refractivity contribution is 6.05. The fourth-order valence-corrected chi connectivity index (χ4v) is 2.14. The van der Waals surface area contributed by atoms with Gasteiger partial charge in [-0.05, 0) is 26.3 Å². The molecule has 0 saturated carbocycles. The van der Waals surface area contributed by atoms with E-state index in [4.69, 9.17) is 16.2 Å². The highest BCUT2D eigenvalue weighted by Gasteiger charge is 2.25. The maximum Gasteiger partial charge on any atom is 0.316 e. The molecule has 0 aromatic heterocycles. The van der Waals surface area contributed by atoms with Gasteiger partial charge in [-0.3, -0.25) is 9.59 Å². The normalized spacial score (nSPS) is 11.9. The second kappa shape index (κ2) is 8.76. The number of carbonyl (C=O) groups excluding carboxylic acids is 3. The van der Waals surface area contributed by atoms with Gasteiger partial charge in [-0.2, -0.15) is 0 Å². The number of urea groups is 1. The largest absolute Gasteiger partial charge is 0.491 e. The third-order valence-corrected chi connectivity index (χ3v) is 3.22. The molecule has 0 radical (unpaired) electrons. The number of nitrogens with one attached hydrogen (secondary N) is 2. The van der Waals surface area contributed by atoms with Gasteiger partial charge >= 0.3 is 6.03 Å². The smallest absolute Gasteiger partial charge is 0.316 e. The molecule has 1 rings (SSSR count). The molecule has 6 N–H and O–H groups in total. The van der Waals surface area contributed by atoms with Crippen molar-refractivity contribution in [2.45, 2.75) is 45.4 Å². The first-order chi connectivity index (χ1) is 11.3. The Labute approximate surface area is 140 Å². The molecule has 0 saturated heterocycles. The molecule has 0 spiro atoms. The molecule has 8 heteroatoms. The van der Waals surface area contributed by atoms with Gasteiger partial charge in [-0.25, -0.2) is 4.79 Å². The molecule has 1 unspecified atom stereocenters. The molecule has 1 aromatic carbocycles. The molecule has 1 aromatic rings. The van der Waals surface area contributed by atoms with Crippen molar-refractivity contribution in [2.75, 3.05) is 0 Å². The van der Waals surface area contributed by atoms with E-state index in [2.05, 4.69) is 10.6 Å². The first kappa shape index (κ1) is 19.3. The summed E-state index contributed by atoms with van der Waals surface area (Å²) in [7, 11) is 0. The average Bonchev–Trinajstić information content (AvgIpc) is 2.50. The van der Waals surface area contributed by atoms with E-state index >= 15 is 0 Å². The van der Waals surface area contributed by atoms with Crippen molar-refractivity contribution in [3.8, 4) is 5.75 Å². The lowest BCUT2D eigenvalue weighted by molar-refractivity contribution is -0.128. The number of hydrogen-bond donors (Lipinski definition) is 4. The van der Waals surface area contributed by atoms with E-state index in [0.717, 1.165) is 5.56 Å². The van der Waals surface area contributed by atoms with Crippen LogP contribution in [0.3, 0.4) is 0 Å². The van der Waals surface area contributed by atoms with Crippen LogP contribution in [0.15, 0.2) is 24.3 Å². The van der Waals surface area contributed by atoms with Crippen molar-refractivity contribution in [3.63, 3.8) is 0 Å². The Hall–Kier alpha value is -2.77. The number of rotatable bonds is 8. The minimum Gasteiger partial charge on any atom is -0.491 e. The van der Waals surface area contributed by atoms with Crippen molar-refractivity contribution in [3.05, 3.63) is 29.8 Å². The van der Waals surface area contributed by atoms with Crippen LogP contribution in [0, 0.1) is 0 Å². The second-order valence-corrected chi connectivity index (χ2v) is 5.52. The fraction of sp³-hybridized carbons (Fsp3) is 0.438. The van der Waals surface area contributed by atoms with E-state index in [-0.39, 0.29) is 12.1 Å². The van der Waals surface area contributed by atoms with Crippen LogP contribution in [0.5, 0.6) is 5.75 Å². The summed E-state index contributed by atoms with van der Waals surface area (Å²) in [6.07, 6.45) is 0.551. The third-order valence-electron chi connectivity index (χ3n) is 3.22. The predicted octanol–water partition coefficient (Wildman–Crippen LogP) is 0.563. The second-order valence-electron chi connectivity index (χ2n) is 5.52. The number of amides is 4. The maximum absolute atomic E-state index is 12.1. The summed E-state index contributed by atoms with van der Waals surface area (Å²) in [5.74, 6) is -1.38. The van der Waals surface area contributed by atoms with Crippen LogP contribution in [0.25, 0.3) is 0 Å². The Morgan fingerprint density at radius 2 is 1.67 bits per heavy atom. The van der Waals surface area contributed by atoms with E-state index in [1.165, 1.54) is 0 Å². The highest BCUT2D eigenvalue weighted by atomic mass is 16.5. The lowest BCUT2D eigenvalue weighted by Gasteiger charge is -2.23. The summed E-state index contributed by atoms with van der Waals surface area (Å²) in [5.41, 5.74) is 10.9. The standard InChI is InChI=1S/C16H24N4O4/c1-4-11(10-7-5-6-8-12(10)24-9(2)3)19-16(23)20-13(14(17)21)15(18)22/h5-9,11,13H,4H2,1-3H3,(H2,17,21)(H2,18,22)(H2,19,20,23). The number of para-hydroxylation sites is 1. The van der Waals surface area contributed by atoms with Gasteiger partial charge in [-0.15, -0.1) is 0 Å². The zero-order chi connectivity index (χ0) is 18.3. The average molecular weight is 336 g/mol. The number of carbonyl (C=O) groups is 3. The molecule has 132 valence electrons. The SMILES string of the molecule is CCC(NC(=O)NC(C(N)=O)C(N)=O)c1ccccc1OC(C)C. The van der Waals surface area contributed by atoms with Gasteiger partial charge in [0.2, 0.25) is 11.8 Å². The van der Waals surface area contributed by atoms with Crippen LogP contribution in [0.4, 0.5) is 4.79 Å². The Morgan fingerprint density at radius 3 is 2.17 bits per heavy atom. The van der Waals surface area contributed by atoms with E-state index in [1.807, 2.05) is 45.0 Å². The Balaban J connectivity index is 2.89. The molecule has 0 aliphatic heterocycles. The molecule has 0 fully saturated rings. The first-order valence-corrected chi connectivity index (χ1v) is 7.67. The Bertz CT molecular complexity index is 589. The summed E-state index contributed by atoms with van der Waals surface area (Å²) in [6.45, 7) is 5.70. The van der Waals surface area contributed by atoms with Crippen LogP contribution in [0.2, 0.25) is 0 Å². The van der Waals surface area contributed by atoms with E-state index < -0.39 is 23.9 Å². The lowest BCUT2D eigenvalue weighted by atomic mass is 10.0. The van der Waals surface area contributed by atoms with Crippen molar-refractivity contribution in [1.82, 2.24) is 10.6 Å². The number of nitrogens with two attached hydrogens (primary N) is 2. The van der Waals surface area contributed by atoms with Crippen molar-refractivity contribution < 1.29 is 19.1 Å². The Morgan fingerprint density at radius 1 is 1.08 bits per heavy atom. The monoisotopic (exact) mass is 336 g/mol. The molecular formula is C16H24N4O4. The zero-order valence-corrected chi connectivity index (χ0v) is 14.0. The van der Waals surface area contributed by atoms with Crippen LogP contribution < -0.4 is 26.8 Å². The molecule has 1 atom stereocenters. The van der Waals surface area contributed by atoms with Crippen LogP contribution >= 0.6 is 0 Å². The molecule has 0 heterocycles. The number of benzene rings is 1. The summed E-state index contributed by atoms with van der Waals surface area (Å²) < 4.78 is 5.75. The number of ether oxygens (including phenoxy) is 1. The molecule has 0 bridgehead atoms. The summed E-state index contributed by atoms with van der Waals surface area (Å²) in [4.78, 5) is 34.3. The molecule has 0 aliphatic rings. The maximum atomic E-state index is 12.1. The van der Waals surface area contributed by atoms with Crippen LogP contribution in [0.1, 0.15) is 38.8 Å².